The molecule has 3 rings (SSSR count). The molecule has 0 fully saturated rings. The van der Waals surface area contributed by atoms with E-state index in [1.165, 1.54) is 5.56 Å². The van der Waals surface area contributed by atoms with Gasteiger partial charge in [0.15, 0.2) is 0 Å². The molecule has 3 nitrogen and oxygen atoms in total. The summed E-state index contributed by atoms with van der Waals surface area (Å²) in [6.07, 6.45) is 2.63. The molecule has 0 spiro atoms. The van der Waals surface area contributed by atoms with Gasteiger partial charge in [0, 0.05) is 16.8 Å². The van der Waals surface area contributed by atoms with Crippen molar-refractivity contribution < 1.29 is 4.79 Å². The Morgan fingerprint density at radius 2 is 1.96 bits per heavy atom. The number of pyridine rings is 1. The number of rotatable bonds is 5. The topological polar surface area (TPSA) is 42.0 Å². The third-order valence-corrected chi connectivity index (χ3v) is 4.94. The largest absolute Gasteiger partial charge is 0.340 e. The monoisotopic (exact) mass is 336 g/mol. The highest BCUT2D eigenvalue weighted by Crippen LogP contribution is 2.26. The number of thiophene rings is 1. The van der Waals surface area contributed by atoms with Crippen molar-refractivity contribution in [2.24, 2.45) is 0 Å². The van der Waals surface area contributed by atoms with Crippen molar-refractivity contribution in [1.29, 1.82) is 0 Å². The van der Waals surface area contributed by atoms with Crippen LogP contribution in [0.15, 0.2) is 60.1 Å². The van der Waals surface area contributed by atoms with Crippen LogP contribution in [0, 0.1) is 6.92 Å². The van der Waals surface area contributed by atoms with Crippen molar-refractivity contribution in [3.63, 3.8) is 0 Å². The number of nitrogens with zero attached hydrogens (tertiary/aromatic N) is 1. The zero-order valence-corrected chi connectivity index (χ0v) is 14.6. The van der Waals surface area contributed by atoms with Crippen molar-refractivity contribution in [2.45, 2.75) is 26.3 Å². The normalized spacial score (nSPS) is 11.9. The van der Waals surface area contributed by atoms with Crippen LogP contribution in [0.4, 0.5) is 0 Å². The Balaban J connectivity index is 1.87. The molecular formula is C20H20N2OS. The fourth-order valence-corrected chi connectivity index (χ4v) is 3.34. The van der Waals surface area contributed by atoms with Gasteiger partial charge in [-0.1, -0.05) is 37.3 Å². The second-order valence-electron chi connectivity index (χ2n) is 5.71. The molecule has 2 aromatic heterocycles. The molecule has 24 heavy (non-hydrogen) atoms. The maximum atomic E-state index is 12.6. The lowest BCUT2D eigenvalue weighted by Gasteiger charge is -2.18. The summed E-state index contributed by atoms with van der Waals surface area (Å²) in [6, 6.07) is 16.0. The molecule has 0 aliphatic heterocycles. The van der Waals surface area contributed by atoms with Gasteiger partial charge in [-0.25, -0.2) is 0 Å². The first-order valence-corrected chi connectivity index (χ1v) is 8.91. The zero-order valence-electron chi connectivity index (χ0n) is 13.8. The van der Waals surface area contributed by atoms with Gasteiger partial charge < -0.3 is 5.32 Å². The first kappa shape index (κ1) is 16.4. The van der Waals surface area contributed by atoms with E-state index in [4.69, 9.17) is 0 Å². The van der Waals surface area contributed by atoms with E-state index in [1.807, 2.05) is 30.5 Å². The summed E-state index contributed by atoms with van der Waals surface area (Å²) < 4.78 is 0. The summed E-state index contributed by atoms with van der Waals surface area (Å²) in [5.41, 5.74) is 3.85. The SMILES string of the molecule is CCc1ccc(C(NC(=O)c2ccc(C)nc2)c2cccs2)cc1. The highest BCUT2D eigenvalue weighted by atomic mass is 32.1. The summed E-state index contributed by atoms with van der Waals surface area (Å²) in [5.74, 6) is -0.111. The minimum absolute atomic E-state index is 0.111. The molecular weight excluding hydrogens is 316 g/mol. The number of aryl methyl sites for hydroxylation is 2. The van der Waals surface area contributed by atoms with E-state index in [-0.39, 0.29) is 11.9 Å². The number of nitrogens with one attached hydrogen (secondary N) is 1. The van der Waals surface area contributed by atoms with E-state index >= 15 is 0 Å². The average molecular weight is 336 g/mol. The fourth-order valence-electron chi connectivity index (χ4n) is 2.54. The first-order valence-electron chi connectivity index (χ1n) is 8.03. The molecule has 0 aliphatic rings. The molecule has 122 valence electrons. The molecule has 1 unspecified atom stereocenters. The molecule has 3 aromatic rings. The van der Waals surface area contributed by atoms with Crippen molar-refractivity contribution >= 4 is 17.2 Å². The lowest BCUT2D eigenvalue weighted by Crippen LogP contribution is -2.29. The number of hydrogen-bond donors (Lipinski definition) is 1. The highest BCUT2D eigenvalue weighted by Gasteiger charge is 2.19. The summed E-state index contributed by atoms with van der Waals surface area (Å²) in [4.78, 5) is 17.9. The Labute approximate surface area is 146 Å². The van der Waals surface area contributed by atoms with Crippen LogP contribution < -0.4 is 5.32 Å². The summed E-state index contributed by atoms with van der Waals surface area (Å²) in [7, 11) is 0. The van der Waals surface area contributed by atoms with Gasteiger partial charge in [-0.2, -0.15) is 0 Å². The van der Waals surface area contributed by atoms with Crippen LogP contribution in [0.3, 0.4) is 0 Å². The van der Waals surface area contributed by atoms with E-state index in [0.29, 0.717) is 5.56 Å². The first-order chi connectivity index (χ1) is 11.7. The second kappa shape index (κ2) is 7.41. The average Bonchev–Trinajstić information content (AvgIpc) is 3.14. The number of hydrogen-bond acceptors (Lipinski definition) is 3. The third kappa shape index (κ3) is 3.71. The Hall–Kier alpha value is -2.46. The number of carbonyl (C=O) groups excluding carboxylic acids is 1. The second-order valence-corrected chi connectivity index (χ2v) is 6.68. The van der Waals surface area contributed by atoms with Crippen LogP contribution in [-0.4, -0.2) is 10.9 Å². The van der Waals surface area contributed by atoms with Crippen LogP contribution in [0.5, 0.6) is 0 Å². The minimum atomic E-state index is -0.148. The van der Waals surface area contributed by atoms with Crippen LogP contribution in [0.25, 0.3) is 0 Å². The Morgan fingerprint density at radius 1 is 1.17 bits per heavy atom. The van der Waals surface area contributed by atoms with Gasteiger partial charge in [0.1, 0.15) is 0 Å². The number of aromatic nitrogens is 1. The van der Waals surface area contributed by atoms with Crippen LogP contribution in [-0.2, 0) is 6.42 Å². The minimum Gasteiger partial charge on any atom is -0.340 e. The molecule has 1 amide bonds. The van der Waals surface area contributed by atoms with Gasteiger partial charge in [-0.05, 0) is 48.1 Å². The standard InChI is InChI=1S/C20H20N2OS/c1-3-15-7-10-16(11-8-15)19(18-5-4-12-24-18)22-20(23)17-9-6-14(2)21-13-17/h4-13,19H,3H2,1-2H3,(H,22,23). The summed E-state index contributed by atoms with van der Waals surface area (Å²) in [6.45, 7) is 4.04. The molecule has 0 saturated carbocycles. The van der Waals surface area contributed by atoms with Gasteiger partial charge >= 0.3 is 0 Å². The van der Waals surface area contributed by atoms with Crippen LogP contribution >= 0.6 is 11.3 Å². The Bertz CT molecular complexity index is 793. The lowest BCUT2D eigenvalue weighted by atomic mass is 10.0. The molecule has 1 atom stereocenters. The molecule has 0 bridgehead atoms. The van der Waals surface area contributed by atoms with Crippen molar-refractivity contribution in [1.82, 2.24) is 10.3 Å². The number of carbonyl (C=O) groups is 1. The maximum Gasteiger partial charge on any atom is 0.253 e. The van der Waals surface area contributed by atoms with E-state index in [2.05, 4.69) is 47.6 Å². The van der Waals surface area contributed by atoms with E-state index in [9.17, 15) is 4.79 Å². The molecule has 0 aliphatic carbocycles. The molecule has 0 radical (unpaired) electrons. The van der Waals surface area contributed by atoms with Crippen molar-refractivity contribution in [3.8, 4) is 0 Å². The van der Waals surface area contributed by atoms with Gasteiger partial charge in [0.25, 0.3) is 5.91 Å². The fraction of sp³-hybridized carbons (Fsp3) is 0.200. The highest BCUT2D eigenvalue weighted by molar-refractivity contribution is 7.10. The molecule has 2 heterocycles. The zero-order chi connectivity index (χ0) is 16.9. The maximum absolute atomic E-state index is 12.6. The molecule has 1 aromatic carbocycles. The summed E-state index contributed by atoms with van der Waals surface area (Å²) >= 11 is 1.65. The van der Waals surface area contributed by atoms with Gasteiger partial charge in [-0.3, -0.25) is 9.78 Å². The van der Waals surface area contributed by atoms with E-state index < -0.39 is 0 Å². The third-order valence-electron chi connectivity index (χ3n) is 4.00. The van der Waals surface area contributed by atoms with Gasteiger partial charge in [0.2, 0.25) is 0 Å². The van der Waals surface area contributed by atoms with Gasteiger partial charge in [0.05, 0.1) is 11.6 Å². The smallest absolute Gasteiger partial charge is 0.253 e. The number of amides is 1. The Kier molecular flexibility index (Phi) is 5.06. The number of benzene rings is 1. The molecule has 1 N–H and O–H groups in total. The summed E-state index contributed by atoms with van der Waals surface area (Å²) in [5, 5.41) is 5.17. The van der Waals surface area contributed by atoms with Crippen LogP contribution in [0.2, 0.25) is 0 Å². The van der Waals surface area contributed by atoms with E-state index in [0.717, 1.165) is 22.6 Å². The molecule has 0 saturated heterocycles. The molecule has 4 heteroatoms. The lowest BCUT2D eigenvalue weighted by molar-refractivity contribution is 0.0943. The van der Waals surface area contributed by atoms with Crippen molar-refractivity contribution in [3.05, 3.63) is 87.4 Å². The quantitative estimate of drug-likeness (QED) is 0.743. The van der Waals surface area contributed by atoms with Crippen molar-refractivity contribution in [2.75, 3.05) is 0 Å². The van der Waals surface area contributed by atoms with Gasteiger partial charge in [-0.15, -0.1) is 11.3 Å². The predicted octanol–water partition coefficient (Wildman–Crippen LogP) is 4.53. The van der Waals surface area contributed by atoms with E-state index in [1.54, 1.807) is 17.5 Å². The predicted molar refractivity (Wildman–Crippen MR) is 98.4 cm³/mol. The Morgan fingerprint density at radius 3 is 2.54 bits per heavy atom. The van der Waals surface area contributed by atoms with Crippen LogP contribution in [0.1, 0.15) is 45.0 Å².